The Bertz CT molecular complexity index is 9270. The van der Waals surface area contributed by atoms with Crippen LogP contribution in [0.25, 0.3) is 220 Å². The van der Waals surface area contributed by atoms with Crippen LogP contribution in [-0.2, 0) is 0 Å². The lowest BCUT2D eigenvalue weighted by Crippen LogP contribution is -2.03. The Kier molecular flexibility index (Phi) is 8.67. The molecular weight excluding hydrogens is 1300 g/mol. The normalized spacial score (nSPS) is 15.1. The summed E-state index contributed by atoms with van der Waals surface area (Å²) in [6, 6.07) is 56.6. The molecule has 106 heavy (non-hydrogen) atoms. The molecule has 0 radical (unpaired) electrons. The van der Waals surface area contributed by atoms with E-state index in [2.05, 4.69) is 63.7 Å². The standard InChI is InChI=1S/2C48H28N4O/c1-2-14-32(15-3-1)51-41-20-10-7-16-33(41)36-27-37-34-17-8-11-21-42(34)52(44(37)28-43(36)51)48-49-40-19-9-6-18-35(40)47(50-48)31-22-23-45-38(25-31)39-24-29-12-4-5-13-30(29)26-46(39)53-45;1-2-14-32(15-3-1)51-39-20-10-7-17-34(39)45-41(51)23-24-42-46(45)35-18-8-11-21-40(35)52(42)48-49-38-19-9-6-16-33(38)47(50-48)31-22-25-43-36(27-31)37-26-29-12-4-5-13-30(29)28-44(37)53-43/h2*1-28H/i4D,5D,12D,13D,22D,23D,24D,25D,26D;4D,5D,6D,9D,12D,13D,16D,19D,22D,25D,26D,27D,28D. The Morgan fingerprint density at radius 2 is 0.642 bits per heavy atom. The molecule has 0 N–H and O–H groups in total. The van der Waals surface area contributed by atoms with Gasteiger partial charge in [0.05, 0.1) is 96.7 Å². The first-order valence-electron chi connectivity index (χ1n) is 45.1. The second kappa shape index (κ2) is 22.5. The first-order valence-corrected chi connectivity index (χ1v) is 34.1. The van der Waals surface area contributed by atoms with Gasteiger partial charge in [0.2, 0.25) is 11.9 Å². The van der Waals surface area contributed by atoms with E-state index in [0.29, 0.717) is 21.9 Å². The number of aromatic nitrogens is 8. The molecular formula is C96H56N8O2. The second-order valence-electron chi connectivity index (χ2n) is 25.8. The molecule has 0 unspecified atom stereocenters. The largest absolute Gasteiger partial charge is 0.456 e. The molecule has 24 aromatic rings. The summed E-state index contributed by atoms with van der Waals surface area (Å²) in [5.41, 5.74) is 7.67. The summed E-state index contributed by atoms with van der Waals surface area (Å²) in [5, 5.41) is 6.58. The van der Waals surface area contributed by atoms with E-state index in [0.717, 1.165) is 87.6 Å². The number of hydrogen-bond donors (Lipinski definition) is 0. The summed E-state index contributed by atoms with van der Waals surface area (Å²) in [6.07, 6.45) is 0. The number of nitrogens with zero attached hydrogens (tertiary/aromatic N) is 8. The first kappa shape index (κ1) is 40.8. The van der Waals surface area contributed by atoms with Gasteiger partial charge in [-0.25, -0.2) is 19.9 Å². The van der Waals surface area contributed by atoms with E-state index in [-0.39, 0.29) is 129 Å². The Morgan fingerprint density at radius 3 is 1.21 bits per heavy atom. The number of benzene rings is 16. The molecule has 0 aliphatic carbocycles. The van der Waals surface area contributed by atoms with Crippen LogP contribution >= 0.6 is 0 Å². The number of hydrogen-bond acceptors (Lipinski definition) is 6. The molecule has 0 bridgehead atoms. The Labute approximate surface area is 634 Å². The van der Waals surface area contributed by atoms with Gasteiger partial charge in [-0.3, -0.25) is 9.13 Å². The molecule has 24 rings (SSSR count). The van der Waals surface area contributed by atoms with Crippen molar-refractivity contribution in [2.75, 3.05) is 0 Å². The molecule has 16 aromatic carbocycles. The molecule has 10 nitrogen and oxygen atoms in total. The quantitative estimate of drug-likeness (QED) is 0.165. The molecule has 0 atom stereocenters. The third-order valence-corrected chi connectivity index (χ3v) is 20.0. The number of para-hydroxylation sites is 8. The Hall–Kier alpha value is -14.5. The van der Waals surface area contributed by atoms with E-state index in [1.165, 1.54) is 0 Å². The lowest BCUT2D eigenvalue weighted by Gasteiger charge is -2.12. The highest BCUT2D eigenvalue weighted by molar-refractivity contribution is 6.29. The second-order valence-corrected chi connectivity index (χ2v) is 25.8. The van der Waals surface area contributed by atoms with Crippen molar-refractivity contribution in [2.24, 2.45) is 0 Å². The third-order valence-electron chi connectivity index (χ3n) is 20.0. The fourth-order valence-electron chi connectivity index (χ4n) is 15.5. The highest BCUT2D eigenvalue weighted by Crippen LogP contribution is 2.46. The Balaban J connectivity index is 0.000000147. The number of furan rings is 2. The maximum absolute atomic E-state index is 9.78. The summed E-state index contributed by atoms with van der Waals surface area (Å²) in [7, 11) is 0. The van der Waals surface area contributed by atoms with Gasteiger partial charge in [-0.2, -0.15) is 0 Å². The highest BCUT2D eigenvalue weighted by atomic mass is 16.3. The van der Waals surface area contributed by atoms with Gasteiger partial charge in [0, 0.05) is 97.9 Å². The maximum atomic E-state index is 9.78. The summed E-state index contributed by atoms with van der Waals surface area (Å²) >= 11 is 0. The minimum atomic E-state index is -0.629. The SMILES string of the molecule is [2H]c1c(-c2nc(-n3c4ccccc4c4cc5c6ccccc6n(-c6ccccc6)c5cc43)nc3ccccc23)c([2H])c2c(oc3c([2H])c4c([2H])c([2H])c([2H])c([2H])c4c([2H])c32)c1[2H].[2H]c1c([2H])c([2H])c2c(-c3c([2H])c([2H])c4oc5c([2H])c6c([2H])c([2H])c([2H])c([2H])c6c([2H])c5c4c3[2H])nc(-n3c4ccccc4c4c5c6ccccc6n(-c6ccccc6)c5ccc43)nc2c1[2H]. The van der Waals surface area contributed by atoms with Crippen LogP contribution in [0.3, 0.4) is 0 Å². The summed E-state index contributed by atoms with van der Waals surface area (Å²) in [4.78, 5) is 20.2. The van der Waals surface area contributed by atoms with Crippen molar-refractivity contribution in [3.8, 4) is 45.8 Å². The van der Waals surface area contributed by atoms with Gasteiger partial charge >= 0.3 is 0 Å². The molecule has 0 saturated heterocycles. The van der Waals surface area contributed by atoms with E-state index in [1.807, 2.05) is 150 Å². The van der Waals surface area contributed by atoms with Crippen molar-refractivity contribution in [3.63, 3.8) is 0 Å². The predicted octanol–water partition coefficient (Wildman–Crippen LogP) is 25.1. The molecule has 0 fully saturated rings. The van der Waals surface area contributed by atoms with Crippen molar-refractivity contribution in [3.05, 3.63) is 339 Å². The lowest BCUT2D eigenvalue weighted by atomic mass is 10.0. The van der Waals surface area contributed by atoms with Crippen LogP contribution in [0.15, 0.2) is 348 Å². The monoisotopic (exact) mass is 1370 g/mol. The van der Waals surface area contributed by atoms with Crippen LogP contribution < -0.4 is 0 Å². The fraction of sp³-hybridized carbons (Fsp3) is 0. The summed E-state index contributed by atoms with van der Waals surface area (Å²) in [5.74, 6) is 0.213. The number of rotatable bonds is 6. The van der Waals surface area contributed by atoms with E-state index in [4.69, 9.17) is 48.0 Å². The molecule has 0 spiro atoms. The van der Waals surface area contributed by atoms with Gasteiger partial charge in [0.25, 0.3) is 0 Å². The van der Waals surface area contributed by atoms with Crippen molar-refractivity contribution >= 4 is 174 Å². The average molecular weight is 1380 g/mol. The fourth-order valence-corrected chi connectivity index (χ4v) is 15.5. The van der Waals surface area contributed by atoms with E-state index >= 15 is 0 Å². The van der Waals surface area contributed by atoms with Crippen molar-refractivity contribution in [2.45, 2.75) is 0 Å². The van der Waals surface area contributed by atoms with Crippen molar-refractivity contribution in [1.29, 1.82) is 0 Å². The van der Waals surface area contributed by atoms with Crippen molar-refractivity contribution < 1.29 is 39.0 Å². The van der Waals surface area contributed by atoms with Crippen LogP contribution in [0, 0.1) is 0 Å². The van der Waals surface area contributed by atoms with Crippen LogP contribution in [0.2, 0.25) is 0 Å². The molecule has 8 aromatic heterocycles. The highest BCUT2D eigenvalue weighted by Gasteiger charge is 2.26. The Morgan fingerprint density at radius 1 is 0.245 bits per heavy atom. The molecule has 0 aliphatic heterocycles. The average Bonchev–Trinajstić information content (AvgIpc) is 1.53. The van der Waals surface area contributed by atoms with Crippen LogP contribution in [0.1, 0.15) is 30.2 Å². The van der Waals surface area contributed by atoms with Crippen molar-refractivity contribution in [1.82, 2.24) is 38.2 Å². The molecule has 0 amide bonds. The van der Waals surface area contributed by atoms with E-state index < -0.39 is 115 Å². The summed E-state index contributed by atoms with van der Waals surface area (Å²) < 4.78 is 217. The minimum absolute atomic E-state index is 0.0154. The van der Waals surface area contributed by atoms with Gasteiger partial charge in [-0.05, 0) is 167 Å². The zero-order valence-electron chi connectivity index (χ0n) is 77.0. The van der Waals surface area contributed by atoms with Crippen LogP contribution in [-0.4, -0.2) is 38.2 Å². The molecule has 10 heteroatoms. The smallest absolute Gasteiger partial charge is 0.235 e. The number of fused-ring (bicyclic) bond motifs is 23. The molecule has 0 saturated carbocycles. The summed E-state index contributed by atoms with van der Waals surface area (Å²) in [6.45, 7) is 0. The maximum Gasteiger partial charge on any atom is 0.235 e. The van der Waals surface area contributed by atoms with Crippen LogP contribution in [0.4, 0.5) is 0 Å². The zero-order chi connectivity index (χ0) is 88.4. The topological polar surface area (TPSA) is 97.6 Å². The van der Waals surface area contributed by atoms with Gasteiger partial charge in [0.15, 0.2) is 0 Å². The zero-order valence-corrected chi connectivity index (χ0v) is 55.0. The lowest BCUT2D eigenvalue weighted by molar-refractivity contribution is 0.669. The van der Waals surface area contributed by atoms with Gasteiger partial charge in [0.1, 0.15) is 22.3 Å². The third kappa shape index (κ3) is 8.67. The molecule has 8 heterocycles. The van der Waals surface area contributed by atoms with E-state index in [9.17, 15) is 11.0 Å². The van der Waals surface area contributed by atoms with Gasteiger partial charge in [-0.1, -0.05) is 194 Å². The molecule has 492 valence electrons. The minimum Gasteiger partial charge on any atom is -0.456 e. The van der Waals surface area contributed by atoms with Crippen LogP contribution in [0.5, 0.6) is 0 Å². The van der Waals surface area contributed by atoms with E-state index in [1.54, 1.807) is 10.6 Å². The van der Waals surface area contributed by atoms with Gasteiger partial charge < -0.3 is 18.0 Å². The predicted molar refractivity (Wildman–Crippen MR) is 437 cm³/mol. The molecule has 0 aliphatic rings. The first-order chi connectivity index (χ1) is 61.8. The van der Waals surface area contributed by atoms with Gasteiger partial charge in [-0.15, -0.1) is 0 Å².